The number of alkyl halides is 1. The third kappa shape index (κ3) is 2.09. The maximum absolute atomic E-state index is 10.1. The number of halogens is 1. The molecular weight excluding hydrogens is 180 g/mol. The van der Waals surface area contributed by atoms with Crippen molar-refractivity contribution in [1.29, 1.82) is 0 Å². The second-order valence-electron chi connectivity index (χ2n) is 2.63. The summed E-state index contributed by atoms with van der Waals surface area (Å²) in [6.45, 7) is 0. The van der Waals surface area contributed by atoms with Gasteiger partial charge in [0, 0.05) is 11.2 Å². The van der Waals surface area contributed by atoms with Crippen molar-refractivity contribution < 1.29 is 4.79 Å². The number of rotatable bonds is 4. The summed E-state index contributed by atoms with van der Waals surface area (Å²) in [7, 11) is 0. The summed E-state index contributed by atoms with van der Waals surface area (Å²) in [5, 5.41) is 1.08. The van der Waals surface area contributed by atoms with E-state index in [4.69, 9.17) is 0 Å². The van der Waals surface area contributed by atoms with Crippen molar-refractivity contribution >= 4 is 22.2 Å². The molecule has 0 bridgehead atoms. The third-order valence-corrected chi connectivity index (χ3v) is 2.42. The summed E-state index contributed by atoms with van der Waals surface area (Å²) >= 11 is 3.36. The number of carbonyl (C=O) groups excluding carboxylic acids is 1. The molecule has 1 aliphatic carbocycles. The second kappa shape index (κ2) is 3.35. The lowest BCUT2D eigenvalue weighted by molar-refractivity contribution is -0.109. The lowest BCUT2D eigenvalue weighted by Gasteiger charge is -1.90. The van der Waals surface area contributed by atoms with Gasteiger partial charge in [-0.1, -0.05) is 15.9 Å². The van der Waals surface area contributed by atoms with Crippen molar-refractivity contribution in [3.05, 3.63) is 0 Å². The minimum absolute atomic E-state index is 0.420. The lowest BCUT2D eigenvalue weighted by atomic mass is 10.2. The fourth-order valence-electron chi connectivity index (χ4n) is 1.11. The number of aldehydes is 1. The van der Waals surface area contributed by atoms with E-state index in [0.29, 0.717) is 5.92 Å². The molecule has 52 valence electrons. The number of hydrogen-bond donors (Lipinski definition) is 0. The van der Waals surface area contributed by atoms with E-state index in [2.05, 4.69) is 15.9 Å². The van der Waals surface area contributed by atoms with Crippen molar-refractivity contribution in [3.63, 3.8) is 0 Å². The van der Waals surface area contributed by atoms with Gasteiger partial charge in [-0.25, -0.2) is 0 Å². The maximum Gasteiger partial charge on any atom is 0.123 e. The van der Waals surface area contributed by atoms with E-state index in [9.17, 15) is 4.79 Å². The Kier molecular flexibility index (Phi) is 2.70. The second-order valence-corrected chi connectivity index (χ2v) is 3.42. The molecule has 0 radical (unpaired) electrons. The van der Waals surface area contributed by atoms with Gasteiger partial charge in [0.2, 0.25) is 0 Å². The summed E-state index contributed by atoms with van der Waals surface area (Å²) < 4.78 is 0. The highest BCUT2D eigenvalue weighted by molar-refractivity contribution is 9.09. The molecule has 0 aliphatic heterocycles. The van der Waals surface area contributed by atoms with Gasteiger partial charge in [-0.3, -0.25) is 0 Å². The van der Waals surface area contributed by atoms with E-state index in [0.717, 1.165) is 24.0 Å². The summed E-state index contributed by atoms with van der Waals surface area (Å²) in [6, 6.07) is 0. The van der Waals surface area contributed by atoms with Crippen LogP contribution < -0.4 is 0 Å². The minimum atomic E-state index is 0.420. The van der Waals surface area contributed by atoms with Crippen LogP contribution in [0.2, 0.25) is 0 Å². The Morgan fingerprint density at radius 1 is 1.67 bits per heavy atom. The third-order valence-electron chi connectivity index (χ3n) is 1.86. The Bertz CT molecular complexity index is 103. The molecule has 0 saturated heterocycles. The minimum Gasteiger partial charge on any atom is -0.303 e. The van der Waals surface area contributed by atoms with Gasteiger partial charge in [0.05, 0.1) is 0 Å². The standard InChI is InChI=1S/C7H11BrO/c8-3-1-2-6-4-7(6)5-9/h5-7H,1-4H2. The molecule has 1 saturated carbocycles. The van der Waals surface area contributed by atoms with Gasteiger partial charge in [0.25, 0.3) is 0 Å². The Hall–Kier alpha value is 0.150. The molecule has 0 aromatic heterocycles. The van der Waals surface area contributed by atoms with Crippen LogP contribution in [0.15, 0.2) is 0 Å². The molecule has 1 fully saturated rings. The zero-order valence-corrected chi connectivity index (χ0v) is 6.93. The predicted molar refractivity (Wildman–Crippen MR) is 40.7 cm³/mol. The van der Waals surface area contributed by atoms with Crippen LogP contribution >= 0.6 is 15.9 Å². The zero-order valence-electron chi connectivity index (χ0n) is 5.35. The average Bonchev–Trinajstić information content (AvgIpc) is 2.62. The molecule has 2 atom stereocenters. The summed E-state index contributed by atoms with van der Waals surface area (Å²) in [6.07, 6.45) is 4.69. The fourth-order valence-corrected chi connectivity index (χ4v) is 1.43. The monoisotopic (exact) mass is 190 g/mol. The normalized spacial score (nSPS) is 32.1. The summed E-state index contributed by atoms with van der Waals surface area (Å²) in [4.78, 5) is 10.1. The Morgan fingerprint density at radius 3 is 2.89 bits per heavy atom. The van der Waals surface area contributed by atoms with Crippen LogP contribution in [0.25, 0.3) is 0 Å². The van der Waals surface area contributed by atoms with Crippen LogP contribution in [-0.4, -0.2) is 11.6 Å². The van der Waals surface area contributed by atoms with Crippen molar-refractivity contribution in [2.24, 2.45) is 11.8 Å². The molecule has 0 amide bonds. The van der Waals surface area contributed by atoms with Crippen LogP contribution in [0.4, 0.5) is 0 Å². The molecule has 0 aromatic rings. The zero-order chi connectivity index (χ0) is 6.69. The number of carbonyl (C=O) groups is 1. The SMILES string of the molecule is O=CC1CC1CCCBr. The van der Waals surface area contributed by atoms with Crippen LogP contribution in [0.5, 0.6) is 0 Å². The fraction of sp³-hybridized carbons (Fsp3) is 0.857. The summed E-state index contributed by atoms with van der Waals surface area (Å²) in [5.41, 5.74) is 0. The largest absolute Gasteiger partial charge is 0.303 e. The molecule has 9 heavy (non-hydrogen) atoms. The van der Waals surface area contributed by atoms with Gasteiger partial charge >= 0.3 is 0 Å². The van der Waals surface area contributed by atoms with E-state index in [1.54, 1.807) is 0 Å². The molecule has 1 nitrogen and oxygen atoms in total. The van der Waals surface area contributed by atoms with Crippen LogP contribution in [-0.2, 0) is 4.79 Å². The number of hydrogen-bond acceptors (Lipinski definition) is 1. The molecule has 1 rings (SSSR count). The van der Waals surface area contributed by atoms with Gasteiger partial charge in [0.15, 0.2) is 0 Å². The lowest BCUT2D eigenvalue weighted by Crippen LogP contribution is -1.84. The van der Waals surface area contributed by atoms with Gasteiger partial charge in [-0.2, -0.15) is 0 Å². The van der Waals surface area contributed by atoms with Crippen molar-refractivity contribution in [1.82, 2.24) is 0 Å². The van der Waals surface area contributed by atoms with Crippen LogP contribution in [0, 0.1) is 11.8 Å². The van der Waals surface area contributed by atoms with Gasteiger partial charge in [-0.05, 0) is 25.2 Å². The Labute approximate surface area is 64.0 Å². The Balaban J connectivity index is 1.98. The first-order valence-electron chi connectivity index (χ1n) is 3.39. The highest BCUT2D eigenvalue weighted by Gasteiger charge is 2.35. The molecule has 2 unspecified atom stereocenters. The molecule has 0 heterocycles. The first-order chi connectivity index (χ1) is 4.38. The van der Waals surface area contributed by atoms with E-state index in [1.165, 1.54) is 12.8 Å². The first kappa shape index (κ1) is 7.26. The quantitative estimate of drug-likeness (QED) is 0.490. The average molecular weight is 191 g/mol. The van der Waals surface area contributed by atoms with Crippen LogP contribution in [0.3, 0.4) is 0 Å². The summed E-state index contributed by atoms with van der Waals surface area (Å²) in [5.74, 6) is 1.16. The highest BCUT2D eigenvalue weighted by Crippen LogP contribution is 2.40. The molecular formula is C7H11BrO. The van der Waals surface area contributed by atoms with E-state index in [1.807, 2.05) is 0 Å². The predicted octanol–water partition coefficient (Wildman–Crippen LogP) is 2.00. The molecule has 0 spiro atoms. The molecule has 0 N–H and O–H groups in total. The Morgan fingerprint density at radius 2 is 2.44 bits per heavy atom. The molecule has 1 aliphatic rings. The van der Waals surface area contributed by atoms with E-state index in [-0.39, 0.29) is 0 Å². The van der Waals surface area contributed by atoms with E-state index >= 15 is 0 Å². The van der Waals surface area contributed by atoms with Crippen molar-refractivity contribution in [2.45, 2.75) is 19.3 Å². The van der Waals surface area contributed by atoms with Crippen molar-refractivity contribution in [3.8, 4) is 0 Å². The van der Waals surface area contributed by atoms with Gasteiger partial charge in [-0.15, -0.1) is 0 Å². The maximum atomic E-state index is 10.1. The van der Waals surface area contributed by atoms with Gasteiger partial charge in [0.1, 0.15) is 6.29 Å². The smallest absolute Gasteiger partial charge is 0.123 e. The molecule has 2 heteroatoms. The van der Waals surface area contributed by atoms with Crippen molar-refractivity contribution in [2.75, 3.05) is 5.33 Å². The highest BCUT2D eigenvalue weighted by atomic mass is 79.9. The van der Waals surface area contributed by atoms with Gasteiger partial charge < -0.3 is 4.79 Å². The molecule has 0 aromatic carbocycles. The van der Waals surface area contributed by atoms with Crippen LogP contribution in [0.1, 0.15) is 19.3 Å². The van der Waals surface area contributed by atoms with E-state index < -0.39 is 0 Å². The first-order valence-corrected chi connectivity index (χ1v) is 4.52. The topological polar surface area (TPSA) is 17.1 Å².